The maximum Gasteiger partial charge on any atom is 0.231 e. The average molecular weight is 314 g/mol. The molecule has 0 saturated carbocycles. The van der Waals surface area contributed by atoms with Gasteiger partial charge < -0.3 is 11.1 Å². The summed E-state index contributed by atoms with van der Waals surface area (Å²) in [6.45, 7) is 2.12. The summed E-state index contributed by atoms with van der Waals surface area (Å²) in [5, 5.41) is 3.37. The molecular formula is C11H16BrN5O. The van der Waals surface area contributed by atoms with Crippen molar-refractivity contribution in [1.82, 2.24) is 14.9 Å². The predicted octanol–water partition coefficient (Wildman–Crippen LogP) is 0.601. The molecule has 2 rings (SSSR count). The summed E-state index contributed by atoms with van der Waals surface area (Å²) in [5.74, 6) is 0.561. The molecule has 98 valence electrons. The molecular weight excluding hydrogens is 298 g/mol. The quantitative estimate of drug-likeness (QED) is 0.795. The van der Waals surface area contributed by atoms with Crippen LogP contribution >= 0.6 is 15.9 Å². The molecule has 0 spiro atoms. The zero-order valence-corrected chi connectivity index (χ0v) is 11.6. The fraction of sp³-hybridized carbons (Fsp3) is 0.545. The van der Waals surface area contributed by atoms with Gasteiger partial charge in [-0.2, -0.15) is 0 Å². The van der Waals surface area contributed by atoms with Gasteiger partial charge in [0, 0.05) is 25.2 Å². The second-order valence-electron chi connectivity index (χ2n) is 4.39. The normalized spacial score (nSPS) is 17.6. The highest BCUT2D eigenvalue weighted by Crippen LogP contribution is 2.16. The first-order chi connectivity index (χ1) is 8.63. The molecule has 1 aromatic heterocycles. The number of hydrogen-bond donors (Lipinski definition) is 2. The predicted molar refractivity (Wildman–Crippen MR) is 72.0 cm³/mol. The first kappa shape index (κ1) is 13.2. The highest BCUT2D eigenvalue weighted by Gasteiger charge is 2.20. The standard InChI is InChI=1S/C11H16BrN5O/c12-9-5-11(15-7-14-9)16-8-1-3-17(4-2-8)6-10(13)18/h5,7-8H,1-4,6H2,(H2,13,18)(H,14,15,16). The van der Waals surface area contributed by atoms with Gasteiger partial charge in [0.05, 0.1) is 6.54 Å². The molecule has 1 aromatic rings. The van der Waals surface area contributed by atoms with Crippen LogP contribution in [0.2, 0.25) is 0 Å². The lowest BCUT2D eigenvalue weighted by Crippen LogP contribution is -2.43. The third-order valence-corrected chi connectivity index (χ3v) is 3.39. The lowest BCUT2D eigenvalue weighted by atomic mass is 10.1. The molecule has 0 bridgehead atoms. The number of rotatable bonds is 4. The molecule has 18 heavy (non-hydrogen) atoms. The van der Waals surface area contributed by atoms with Crippen LogP contribution in [0.25, 0.3) is 0 Å². The van der Waals surface area contributed by atoms with E-state index in [2.05, 4.69) is 36.1 Å². The van der Waals surface area contributed by atoms with Crippen molar-refractivity contribution in [3.8, 4) is 0 Å². The van der Waals surface area contributed by atoms with E-state index in [0.29, 0.717) is 12.6 Å². The first-order valence-corrected chi connectivity index (χ1v) is 6.67. The molecule has 0 aromatic carbocycles. The van der Waals surface area contributed by atoms with Crippen molar-refractivity contribution in [1.29, 1.82) is 0 Å². The van der Waals surface area contributed by atoms with Crippen LogP contribution in [0.3, 0.4) is 0 Å². The highest BCUT2D eigenvalue weighted by atomic mass is 79.9. The van der Waals surface area contributed by atoms with Crippen molar-refractivity contribution in [3.05, 3.63) is 17.0 Å². The maximum atomic E-state index is 10.8. The Morgan fingerprint density at radius 3 is 2.83 bits per heavy atom. The first-order valence-electron chi connectivity index (χ1n) is 5.88. The van der Waals surface area contributed by atoms with Gasteiger partial charge in [-0.3, -0.25) is 9.69 Å². The van der Waals surface area contributed by atoms with Crippen molar-refractivity contribution >= 4 is 27.7 Å². The Labute approximate surface area is 114 Å². The van der Waals surface area contributed by atoms with E-state index in [0.717, 1.165) is 36.4 Å². The number of likely N-dealkylation sites (tertiary alicyclic amines) is 1. The minimum absolute atomic E-state index is 0.263. The summed E-state index contributed by atoms with van der Waals surface area (Å²) >= 11 is 3.31. The summed E-state index contributed by atoms with van der Waals surface area (Å²) in [6, 6.07) is 2.24. The number of carbonyl (C=O) groups is 1. The van der Waals surface area contributed by atoms with Crippen molar-refractivity contribution in [2.75, 3.05) is 25.0 Å². The van der Waals surface area contributed by atoms with Crippen LogP contribution < -0.4 is 11.1 Å². The Morgan fingerprint density at radius 1 is 1.50 bits per heavy atom. The Balaban J connectivity index is 1.81. The summed E-state index contributed by atoms with van der Waals surface area (Å²) in [5.41, 5.74) is 5.18. The highest BCUT2D eigenvalue weighted by molar-refractivity contribution is 9.10. The molecule has 1 saturated heterocycles. The number of nitrogens with one attached hydrogen (secondary N) is 1. The van der Waals surface area contributed by atoms with E-state index in [-0.39, 0.29) is 5.91 Å². The van der Waals surface area contributed by atoms with Gasteiger partial charge in [0.15, 0.2) is 0 Å². The van der Waals surface area contributed by atoms with Crippen molar-refractivity contribution < 1.29 is 4.79 Å². The second-order valence-corrected chi connectivity index (χ2v) is 5.20. The summed E-state index contributed by atoms with van der Waals surface area (Å²) in [4.78, 5) is 21.0. The topological polar surface area (TPSA) is 84.1 Å². The number of hydrogen-bond acceptors (Lipinski definition) is 5. The van der Waals surface area contributed by atoms with Crippen LogP contribution in [0, 0.1) is 0 Å². The summed E-state index contributed by atoms with van der Waals surface area (Å²) in [6.07, 6.45) is 3.48. The van der Waals surface area contributed by atoms with Crippen molar-refractivity contribution in [2.45, 2.75) is 18.9 Å². The number of nitrogens with two attached hydrogens (primary N) is 1. The molecule has 0 unspecified atom stereocenters. The van der Waals surface area contributed by atoms with Crippen LogP contribution in [0.15, 0.2) is 17.0 Å². The number of carbonyl (C=O) groups excluding carboxylic acids is 1. The molecule has 1 fully saturated rings. The SMILES string of the molecule is NC(=O)CN1CCC(Nc2cc(Br)ncn2)CC1. The molecule has 1 aliphatic heterocycles. The monoisotopic (exact) mass is 313 g/mol. The fourth-order valence-electron chi connectivity index (χ4n) is 2.08. The molecule has 2 heterocycles. The minimum Gasteiger partial charge on any atom is -0.369 e. The van der Waals surface area contributed by atoms with Gasteiger partial charge in [-0.25, -0.2) is 9.97 Å². The van der Waals surface area contributed by atoms with E-state index in [1.807, 2.05) is 6.07 Å². The number of piperidine rings is 1. The zero-order valence-electron chi connectivity index (χ0n) is 9.97. The van der Waals surface area contributed by atoms with Crippen LogP contribution in [0.4, 0.5) is 5.82 Å². The van der Waals surface area contributed by atoms with Gasteiger partial charge >= 0.3 is 0 Å². The van der Waals surface area contributed by atoms with Gasteiger partial charge in [0.25, 0.3) is 0 Å². The zero-order chi connectivity index (χ0) is 13.0. The van der Waals surface area contributed by atoms with Gasteiger partial charge in [0.1, 0.15) is 16.7 Å². The van der Waals surface area contributed by atoms with E-state index in [1.54, 1.807) is 0 Å². The van der Waals surface area contributed by atoms with Crippen molar-refractivity contribution in [3.63, 3.8) is 0 Å². The Bertz CT molecular complexity index is 420. The third kappa shape index (κ3) is 3.92. The van der Waals surface area contributed by atoms with Gasteiger partial charge in [0.2, 0.25) is 5.91 Å². The minimum atomic E-state index is -0.263. The molecule has 0 atom stereocenters. The number of amides is 1. The lowest BCUT2D eigenvalue weighted by molar-refractivity contribution is -0.119. The van der Waals surface area contributed by atoms with Gasteiger partial charge in [-0.05, 0) is 28.8 Å². The fourth-order valence-corrected chi connectivity index (χ4v) is 2.39. The summed E-state index contributed by atoms with van der Waals surface area (Å²) < 4.78 is 0.770. The number of aromatic nitrogens is 2. The van der Waals surface area contributed by atoms with E-state index in [1.165, 1.54) is 6.33 Å². The van der Waals surface area contributed by atoms with E-state index in [4.69, 9.17) is 5.73 Å². The van der Waals surface area contributed by atoms with Crippen molar-refractivity contribution in [2.24, 2.45) is 5.73 Å². The second kappa shape index (κ2) is 6.10. The molecule has 6 nitrogen and oxygen atoms in total. The molecule has 7 heteroatoms. The third-order valence-electron chi connectivity index (χ3n) is 2.95. The molecule has 1 aliphatic rings. The Morgan fingerprint density at radius 2 is 2.22 bits per heavy atom. The molecule has 1 amide bonds. The van der Waals surface area contributed by atoms with E-state index >= 15 is 0 Å². The number of primary amides is 1. The molecule has 0 aliphatic carbocycles. The van der Waals surface area contributed by atoms with Crippen LogP contribution in [0.1, 0.15) is 12.8 Å². The largest absolute Gasteiger partial charge is 0.369 e. The smallest absolute Gasteiger partial charge is 0.231 e. The van der Waals surface area contributed by atoms with Crippen LogP contribution in [0.5, 0.6) is 0 Å². The summed E-state index contributed by atoms with van der Waals surface area (Å²) in [7, 11) is 0. The van der Waals surface area contributed by atoms with E-state index < -0.39 is 0 Å². The molecule has 3 N–H and O–H groups in total. The number of nitrogens with zero attached hydrogens (tertiary/aromatic N) is 3. The lowest BCUT2D eigenvalue weighted by Gasteiger charge is -2.31. The number of anilines is 1. The Kier molecular flexibility index (Phi) is 4.48. The maximum absolute atomic E-state index is 10.8. The van der Waals surface area contributed by atoms with E-state index in [9.17, 15) is 4.79 Å². The molecule has 0 radical (unpaired) electrons. The van der Waals surface area contributed by atoms with Crippen LogP contribution in [-0.2, 0) is 4.79 Å². The van der Waals surface area contributed by atoms with Gasteiger partial charge in [-0.1, -0.05) is 0 Å². The number of halogens is 1. The van der Waals surface area contributed by atoms with Gasteiger partial charge in [-0.15, -0.1) is 0 Å². The van der Waals surface area contributed by atoms with Crippen LogP contribution in [-0.4, -0.2) is 46.5 Å². The Hall–Kier alpha value is -1.21. The average Bonchev–Trinajstić information content (AvgIpc) is 2.31.